The first-order valence-electron chi connectivity index (χ1n) is 7.45. The molecule has 26 heavy (non-hydrogen) atoms. The second-order valence-electron chi connectivity index (χ2n) is 5.21. The molecule has 0 saturated heterocycles. The number of amides is 1. The number of benzene rings is 2. The Balaban J connectivity index is 1.56. The summed E-state index contributed by atoms with van der Waals surface area (Å²) in [5.74, 6) is -0.633. The number of carbonyl (C=O) groups is 1. The van der Waals surface area contributed by atoms with Gasteiger partial charge in [0.05, 0.1) is 6.42 Å². The van der Waals surface area contributed by atoms with Crippen molar-refractivity contribution in [2.45, 2.75) is 16.5 Å². The van der Waals surface area contributed by atoms with Crippen LogP contribution in [0.4, 0.5) is 13.9 Å². The summed E-state index contributed by atoms with van der Waals surface area (Å²) < 4.78 is 27.3. The van der Waals surface area contributed by atoms with Crippen molar-refractivity contribution in [1.82, 2.24) is 10.2 Å². The van der Waals surface area contributed by atoms with Gasteiger partial charge in [-0.15, -0.1) is 10.2 Å². The SMILES string of the molecule is O=C(Cc1c(F)cccc1Cl)Nc1nnc(SCc2ccc(F)cc2)s1. The summed E-state index contributed by atoms with van der Waals surface area (Å²) in [5, 5.41) is 11.0. The minimum absolute atomic E-state index is 0.141. The van der Waals surface area contributed by atoms with Crippen molar-refractivity contribution >= 4 is 45.7 Å². The highest BCUT2D eigenvalue weighted by atomic mass is 35.5. The van der Waals surface area contributed by atoms with Crippen molar-refractivity contribution in [2.75, 3.05) is 5.32 Å². The van der Waals surface area contributed by atoms with Gasteiger partial charge in [-0.1, -0.05) is 52.9 Å². The van der Waals surface area contributed by atoms with Gasteiger partial charge in [0.2, 0.25) is 11.0 Å². The molecule has 134 valence electrons. The number of hydrogen-bond acceptors (Lipinski definition) is 5. The molecule has 4 nitrogen and oxygen atoms in total. The van der Waals surface area contributed by atoms with Crippen molar-refractivity contribution in [1.29, 1.82) is 0 Å². The molecule has 0 radical (unpaired) electrons. The molecule has 0 fully saturated rings. The number of anilines is 1. The first kappa shape index (κ1) is 18.8. The van der Waals surface area contributed by atoms with Gasteiger partial charge in [-0.3, -0.25) is 4.79 Å². The van der Waals surface area contributed by atoms with Gasteiger partial charge in [0, 0.05) is 16.3 Å². The third kappa shape index (κ3) is 5.00. The normalized spacial score (nSPS) is 10.7. The number of hydrogen-bond donors (Lipinski definition) is 1. The smallest absolute Gasteiger partial charge is 0.230 e. The number of aromatic nitrogens is 2. The van der Waals surface area contributed by atoms with Crippen LogP contribution in [-0.4, -0.2) is 16.1 Å². The van der Waals surface area contributed by atoms with Gasteiger partial charge < -0.3 is 5.32 Å². The monoisotopic (exact) mass is 411 g/mol. The molecule has 3 aromatic rings. The molecule has 1 heterocycles. The van der Waals surface area contributed by atoms with Crippen molar-refractivity contribution in [3.05, 3.63) is 70.2 Å². The minimum atomic E-state index is -0.527. The van der Waals surface area contributed by atoms with Crippen LogP contribution in [0.25, 0.3) is 0 Å². The first-order valence-corrected chi connectivity index (χ1v) is 9.63. The maximum absolute atomic E-state index is 13.7. The van der Waals surface area contributed by atoms with E-state index in [1.54, 1.807) is 12.1 Å². The third-order valence-electron chi connectivity index (χ3n) is 3.33. The quantitative estimate of drug-likeness (QED) is 0.461. The van der Waals surface area contributed by atoms with E-state index < -0.39 is 11.7 Å². The minimum Gasteiger partial charge on any atom is -0.300 e. The van der Waals surface area contributed by atoms with E-state index in [9.17, 15) is 13.6 Å². The largest absolute Gasteiger partial charge is 0.300 e. The highest BCUT2D eigenvalue weighted by Crippen LogP contribution is 2.28. The zero-order valence-corrected chi connectivity index (χ0v) is 15.6. The van der Waals surface area contributed by atoms with E-state index in [1.807, 2.05) is 0 Å². The molecule has 2 aromatic carbocycles. The Bertz CT molecular complexity index is 898. The van der Waals surface area contributed by atoms with Crippen LogP contribution in [0, 0.1) is 11.6 Å². The Labute approximate surface area is 161 Å². The number of nitrogens with zero attached hydrogens (tertiary/aromatic N) is 2. The summed E-state index contributed by atoms with van der Waals surface area (Å²) in [7, 11) is 0. The van der Waals surface area contributed by atoms with Crippen LogP contribution in [0.3, 0.4) is 0 Å². The first-order chi connectivity index (χ1) is 12.5. The second-order valence-corrected chi connectivity index (χ2v) is 7.82. The van der Waals surface area contributed by atoms with Crippen LogP contribution < -0.4 is 5.32 Å². The van der Waals surface area contributed by atoms with Crippen molar-refractivity contribution in [3.63, 3.8) is 0 Å². The van der Waals surface area contributed by atoms with Crippen molar-refractivity contribution in [2.24, 2.45) is 0 Å². The summed E-state index contributed by atoms with van der Waals surface area (Å²) in [6, 6.07) is 10.5. The number of nitrogens with one attached hydrogen (secondary N) is 1. The number of thioether (sulfide) groups is 1. The highest BCUT2D eigenvalue weighted by molar-refractivity contribution is 8.00. The predicted octanol–water partition coefficient (Wildman–Crippen LogP) is 4.94. The third-order valence-corrected chi connectivity index (χ3v) is 5.72. The molecule has 0 aliphatic heterocycles. The summed E-state index contributed by atoms with van der Waals surface area (Å²) in [6.45, 7) is 0. The van der Waals surface area contributed by atoms with Gasteiger partial charge in [0.25, 0.3) is 0 Å². The van der Waals surface area contributed by atoms with E-state index >= 15 is 0 Å². The summed E-state index contributed by atoms with van der Waals surface area (Å²) in [5.41, 5.74) is 1.09. The topological polar surface area (TPSA) is 54.9 Å². The lowest BCUT2D eigenvalue weighted by Gasteiger charge is -2.05. The van der Waals surface area contributed by atoms with E-state index in [-0.39, 0.29) is 22.8 Å². The summed E-state index contributed by atoms with van der Waals surface area (Å²) >= 11 is 8.55. The Kier molecular flexibility index (Phi) is 6.18. The van der Waals surface area contributed by atoms with Crippen LogP contribution in [0.5, 0.6) is 0 Å². The second kappa shape index (κ2) is 8.57. The molecular formula is C17H12ClF2N3OS2. The number of rotatable bonds is 6. The molecule has 0 aliphatic carbocycles. The Hall–Kier alpha value is -2.03. The zero-order valence-electron chi connectivity index (χ0n) is 13.2. The number of carbonyl (C=O) groups excluding carboxylic acids is 1. The summed E-state index contributed by atoms with van der Waals surface area (Å²) in [4.78, 5) is 12.1. The van der Waals surface area contributed by atoms with Crippen LogP contribution in [0.2, 0.25) is 5.02 Å². The number of halogens is 3. The molecule has 0 atom stereocenters. The van der Waals surface area contributed by atoms with Gasteiger partial charge >= 0.3 is 0 Å². The molecule has 1 aromatic heterocycles. The van der Waals surface area contributed by atoms with Crippen LogP contribution in [-0.2, 0) is 17.0 Å². The molecular weight excluding hydrogens is 400 g/mol. The van der Waals surface area contributed by atoms with E-state index in [2.05, 4.69) is 15.5 Å². The molecule has 0 unspecified atom stereocenters. The summed E-state index contributed by atoms with van der Waals surface area (Å²) in [6.07, 6.45) is -0.191. The van der Waals surface area contributed by atoms with Crippen molar-refractivity contribution in [3.8, 4) is 0 Å². The van der Waals surface area contributed by atoms with Gasteiger partial charge in [-0.2, -0.15) is 0 Å². The maximum atomic E-state index is 13.7. The molecule has 3 rings (SSSR count). The maximum Gasteiger partial charge on any atom is 0.230 e. The zero-order chi connectivity index (χ0) is 18.5. The Morgan fingerprint density at radius 2 is 1.92 bits per heavy atom. The van der Waals surface area contributed by atoms with Crippen LogP contribution in [0.1, 0.15) is 11.1 Å². The lowest BCUT2D eigenvalue weighted by atomic mass is 10.1. The molecule has 1 N–H and O–H groups in total. The fraction of sp³-hybridized carbons (Fsp3) is 0.118. The molecule has 0 aliphatic rings. The van der Waals surface area contributed by atoms with Crippen molar-refractivity contribution < 1.29 is 13.6 Å². The van der Waals surface area contributed by atoms with Crippen LogP contribution >= 0.6 is 34.7 Å². The van der Waals surface area contributed by atoms with E-state index in [4.69, 9.17) is 11.6 Å². The molecule has 0 saturated carbocycles. The van der Waals surface area contributed by atoms with Crippen LogP contribution in [0.15, 0.2) is 46.8 Å². The lowest BCUT2D eigenvalue weighted by molar-refractivity contribution is -0.115. The molecule has 0 bridgehead atoms. The van der Waals surface area contributed by atoms with Gasteiger partial charge in [-0.25, -0.2) is 8.78 Å². The molecule has 1 amide bonds. The highest BCUT2D eigenvalue weighted by Gasteiger charge is 2.14. The Morgan fingerprint density at radius 1 is 1.15 bits per heavy atom. The predicted molar refractivity (Wildman–Crippen MR) is 99.6 cm³/mol. The van der Waals surface area contributed by atoms with E-state index in [1.165, 1.54) is 53.4 Å². The van der Waals surface area contributed by atoms with Gasteiger partial charge in [0.15, 0.2) is 4.34 Å². The van der Waals surface area contributed by atoms with E-state index in [0.29, 0.717) is 15.2 Å². The van der Waals surface area contributed by atoms with E-state index in [0.717, 1.165) is 5.56 Å². The molecule has 9 heteroatoms. The van der Waals surface area contributed by atoms with Gasteiger partial charge in [0.1, 0.15) is 11.6 Å². The lowest BCUT2D eigenvalue weighted by Crippen LogP contribution is -2.15. The average Bonchev–Trinajstić information content (AvgIpc) is 3.05. The fourth-order valence-corrected chi connectivity index (χ4v) is 4.02. The molecule has 0 spiro atoms. The average molecular weight is 412 g/mol. The standard InChI is InChI=1S/C17H12ClF2N3OS2/c18-13-2-1-3-14(20)12(13)8-15(24)21-16-22-23-17(26-16)25-9-10-4-6-11(19)7-5-10/h1-7H,8-9H2,(H,21,22,24). The Morgan fingerprint density at radius 3 is 2.65 bits per heavy atom. The van der Waals surface area contributed by atoms with Gasteiger partial charge in [-0.05, 0) is 29.8 Å². The fourth-order valence-electron chi connectivity index (χ4n) is 2.07.